The molecular formula is C19H18ClN3O2. The molecule has 128 valence electrons. The maximum atomic E-state index is 12.5. The first-order valence-corrected chi connectivity index (χ1v) is 8.45. The average molecular weight is 356 g/mol. The van der Waals surface area contributed by atoms with Gasteiger partial charge in [0.2, 0.25) is 5.89 Å². The van der Waals surface area contributed by atoms with E-state index in [4.69, 9.17) is 16.1 Å². The molecule has 3 rings (SSSR count). The summed E-state index contributed by atoms with van der Waals surface area (Å²) < 4.78 is 5.09. The maximum absolute atomic E-state index is 12.5. The molecule has 5 nitrogen and oxygen atoms in total. The Hall–Kier alpha value is -2.66. The minimum Gasteiger partial charge on any atom is -0.343 e. The van der Waals surface area contributed by atoms with Gasteiger partial charge >= 0.3 is 0 Å². The third kappa shape index (κ3) is 4.45. The predicted molar refractivity (Wildman–Crippen MR) is 95.5 cm³/mol. The van der Waals surface area contributed by atoms with Gasteiger partial charge in [-0.2, -0.15) is 4.98 Å². The number of rotatable bonds is 6. The van der Waals surface area contributed by atoms with Crippen LogP contribution in [0, 0.1) is 0 Å². The minimum atomic E-state index is -0.166. The Balaban J connectivity index is 1.70. The summed E-state index contributed by atoms with van der Waals surface area (Å²) in [6.07, 6.45) is 1.35. The predicted octanol–water partition coefficient (Wildman–Crippen LogP) is 3.81. The van der Waals surface area contributed by atoms with Gasteiger partial charge in [-0.25, -0.2) is 0 Å². The molecule has 0 fully saturated rings. The van der Waals surface area contributed by atoms with E-state index in [1.165, 1.54) is 0 Å². The van der Waals surface area contributed by atoms with Gasteiger partial charge in [0.1, 0.15) is 0 Å². The Bertz CT molecular complexity index is 859. The van der Waals surface area contributed by atoms with E-state index >= 15 is 0 Å². The Morgan fingerprint density at radius 2 is 1.92 bits per heavy atom. The van der Waals surface area contributed by atoms with Crippen LogP contribution in [0.15, 0.2) is 53.1 Å². The molecule has 0 aliphatic carbocycles. The number of aryl methyl sites for hydroxylation is 1. The van der Waals surface area contributed by atoms with Crippen molar-refractivity contribution in [3.05, 3.63) is 82.0 Å². The van der Waals surface area contributed by atoms with Crippen molar-refractivity contribution in [2.24, 2.45) is 0 Å². The van der Waals surface area contributed by atoms with Crippen molar-refractivity contribution in [3.8, 4) is 0 Å². The third-order valence-electron chi connectivity index (χ3n) is 3.80. The summed E-state index contributed by atoms with van der Waals surface area (Å²) >= 11 is 5.92. The van der Waals surface area contributed by atoms with E-state index in [0.29, 0.717) is 35.1 Å². The largest absolute Gasteiger partial charge is 0.343 e. The zero-order chi connectivity index (χ0) is 17.6. The number of carbonyl (C=O) groups is 1. The first kappa shape index (κ1) is 17.2. The quantitative estimate of drug-likeness (QED) is 0.730. The molecule has 0 radical (unpaired) electrons. The van der Waals surface area contributed by atoms with E-state index < -0.39 is 0 Å². The molecule has 1 aromatic heterocycles. The van der Waals surface area contributed by atoms with Crippen molar-refractivity contribution in [3.63, 3.8) is 0 Å². The van der Waals surface area contributed by atoms with Gasteiger partial charge in [0, 0.05) is 17.0 Å². The highest BCUT2D eigenvalue weighted by Crippen LogP contribution is 2.17. The monoisotopic (exact) mass is 355 g/mol. The summed E-state index contributed by atoms with van der Waals surface area (Å²) in [6.45, 7) is 2.15. The number of halogens is 1. The van der Waals surface area contributed by atoms with Crippen LogP contribution < -0.4 is 5.32 Å². The van der Waals surface area contributed by atoms with Crippen molar-refractivity contribution in [2.75, 3.05) is 0 Å². The first-order chi connectivity index (χ1) is 12.2. The maximum Gasteiger partial charge on any atom is 0.252 e. The van der Waals surface area contributed by atoms with E-state index in [0.717, 1.165) is 11.1 Å². The summed E-state index contributed by atoms with van der Waals surface area (Å²) in [5.41, 5.74) is 2.67. The lowest BCUT2D eigenvalue weighted by Gasteiger charge is -2.09. The van der Waals surface area contributed by atoms with Crippen molar-refractivity contribution < 1.29 is 9.32 Å². The van der Waals surface area contributed by atoms with Crippen LogP contribution in [0.1, 0.15) is 40.1 Å². The van der Waals surface area contributed by atoms with E-state index in [1.54, 1.807) is 0 Å². The smallest absolute Gasteiger partial charge is 0.252 e. The Morgan fingerprint density at radius 3 is 2.64 bits per heavy atom. The average Bonchev–Trinajstić information content (AvgIpc) is 3.10. The van der Waals surface area contributed by atoms with Gasteiger partial charge in [0.25, 0.3) is 5.91 Å². The van der Waals surface area contributed by atoms with E-state index in [2.05, 4.69) is 15.5 Å². The number of carbonyl (C=O) groups excluding carboxylic acids is 1. The molecule has 0 atom stereocenters. The second kappa shape index (κ2) is 7.94. The first-order valence-electron chi connectivity index (χ1n) is 8.07. The lowest BCUT2D eigenvalue weighted by atomic mass is 9.99. The number of hydrogen-bond donors (Lipinski definition) is 1. The standard InChI is InChI=1S/C19H18ClN3O2/c1-2-17-22-18(25-23-17)12-21-19(24)16-6-4-3-5-14(16)11-13-7-9-15(20)10-8-13/h3-10H,2,11-12H2,1H3,(H,21,24). The summed E-state index contributed by atoms with van der Waals surface area (Å²) in [4.78, 5) is 16.7. The van der Waals surface area contributed by atoms with Gasteiger partial charge in [0.05, 0.1) is 6.54 Å². The molecule has 0 spiro atoms. The highest BCUT2D eigenvalue weighted by Gasteiger charge is 2.13. The molecule has 0 saturated heterocycles. The van der Waals surface area contributed by atoms with E-state index in [-0.39, 0.29) is 12.5 Å². The van der Waals surface area contributed by atoms with Crippen molar-refractivity contribution >= 4 is 17.5 Å². The van der Waals surface area contributed by atoms with E-state index in [1.807, 2.05) is 55.5 Å². The Morgan fingerprint density at radius 1 is 1.16 bits per heavy atom. The second-order valence-corrected chi connectivity index (χ2v) is 6.04. The van der Waals surface area contributed by atoms with Crippen LogP contribution >= 0.6 is 11.6 Å². The SMILES string of the molecule is CCc1noc(CNC(=O)c2ccccc2Cc2ccc(Cl)cc2)n1. The number of amides is 1. The van der Waals surface area contributed by atoms with Crippen LogP contribution in [0.25, 0.3) is 0 Å². The molecule has 6 heteroatoms. The number of nitrogens with one attached hydrogen (secondary N) is 1. The van der Waals surface area contributed by atoms with Crippen molar-refractivity contribution in [2.45, 2.75) is 26.3 Å². The number of benzene rings is 2. The molecule has 1 amide bonds. The topological polar surface area (TPSA) is 68.0 Å². The van der Waals surface area contributed by atoms with Gasteiger partial charge in [-0.3, -0.25) is 4.79 Å². The number of hydrogen-bond acceptors (Lipinski definition) is 4. The zero-order valence-corrected chi connectivity index (χ0v) is 14.6. The molecule has 0 aliphatic rings. The summed E-state index contributed by atoms with van der Waals surface area (Å²) in [5, 5.41) is 7.34. The lowest BCUT2D eigenvalue weighted by Crippen LogP contribution is -2.24. The minimum absolute atomic E-state index is 0.166. The summed E-state index contributed by atoms with van der Waals surface area (Å²) in [5.74, 6) is 0.869. The third-order valence-corrected chi connectivity index (χ3v) is 4.05. The van der Waals surface area contributed by atoms with Crippen LogP contribution in [0.4, 0.5) is 0 Å². The molecule has 3 aromatic rings. The fourth-order valence-electron chi connectivity index (χ4n) is 2.47. The highest BCUT2D eigenvalue weighted by molar-refractivity contribution is 6.30. The number of nitrogens with zero attached hydrogens (tertiary/aromatic N) is 2. The molecule has 25 heavy (non-hydrogen) atoms. The van der Waals surface area contributed by atoms with Crippen LogP contribution in [0.5, 0.6) is 0 Å². The Kier molecular flexibility index (Phi) is 5.46. The molecule has 0 aliphatic heterocycles. The fourth-order valence-corrected chi connectivity index (χ4v) is 2.60. The molecule has 1 heterocycles. The van der Waals surface area contributed by atoms with Crippen LogP contribution in [0.3, 0.4) is 0 Å². The molecule has 0 unspecified atom stereocenters. The summed E-state index contributed by atoms with van der Waals surface area (Å²) in [6, 6.07) is 15.2. The molecular weight excluding hydrogens is 338 g/mol. The van der Waals surface area contributed by atoms with Gasteiger partial charge in [-0.15, -0.1) is 0 Å². The number of aromatic nitrogens is 2. The van der Waals surface area contributed by atoms with Crippen LogP contribution in [-0.4, -0.2) is 16.0 Å². The fraction of sp³-hybridized carbons (Fsp3) is 0.211. The molecule has 1 N–H and O–H groups in total. The normalized spacial score (nSPS) is 10.6. The Labute approximate surface area is 151 Å². The van der Waals surface area contributed by atoms with Gasteiger partial charge < -0.3 is 9.84 Å². The van der Waals surface area contributed by atoms with Gasteiger partial charge in [-0.05, 0) is 35.7 Å². The summed E-state index contributed by atoms with van der Waals surface area (Å²) in [7, 11) is 0. The lowest BCUT2D eigenvalue weighted by molar-refractivity contribution is 0.0945. The van der Waals surface area contributed by atoms with Crippen LogP contribution in [0.2, 0.25) is 5.02 Å². The molecule has 2 aromatic carbocycles. The van der Waals surface area contributed by atoms with Crippen LogP contribution in [-0.2, 0) is 19.4 Å². The van der Waals surface area contributed by atoms with Gasteiger partial charge in [0.15, 0.2) is 5.82 Å². The van der Waals surface area contributed by atoms with E-state index in [9.17, 15) is 4.79 Å². The zero-order valence-electron chi connectivity index (χ0n) is 13.8. The van der Waals surface area contributed by atoms with Gasteiger partial charge in [-0.1, -0.05) is 54.0 Å². The highest BCUT2D eigenvalue weighted by atomic mass is 35.5. The van der Waals surface area contributed by atoms with Crippen molar-refractivity contribution in [1.82, 2.24) is 15.5 Å². The molecule has 0 saturated carbocycles. The van der Waals surface area contributed by atoms with Crippen molar-refractivity contribution in [1.29, 1.82) is 0 Å². The second-order valence-electron chi connectivity index (χ2n) is 5.60. The molecule has 0 bridgehead atoms.